The van der Waals surface area contributed by atoms with Crippen LogP contribution in [-0.4, -0.2) is 25.6 Å². The van der Waals surface area contributed by atoms with E-state index in [1.165, 1.54) is 29.2 Å². The predicted molar refractivity (Wildman–Crippen MR) is 102 cm³/mol. The van der Waals surface area contributed by atoms with Crippen LogP contribution in [0.1, 0.15) is 27.7 Å². The molecule has 2 atom stereocenters. The Bertz CT molecular complexity index is 983. The van der Waals surface area contributed by atoms with Gasteiger partial charge in [0.05, 0.1) is 21.0 Å². The van der Waals surface area contributed by atoms with Gasteiger partial charge in [-0.1, -0.05) is 36.8 Å². The maximum absolute atomic E-state index is 12.6. The van der Waals surface area contributed by atoms with Gasteiger partial charge >= 0.3 is 0 Å². The molecule has 1 aliphatic carbocycles. The summed E-state index contributed by atoms with van der Waals surface area (Å²) in [5.74, 6) is 0.139. The average molecular weight is 379 g/mol. The molecule has 5 nitrogen and oxygen atoms in total. The third kappa shape index (κ3) is 3.48. The smallest absolute Gasteiger partial charge is 0.230 e. The molecule has 1 N–H and O–H groups in total. The molecule has 0 radical (unpaired) electrons. The molecule has 25 heavy (non-hydrogen) atoms. The number of carbonyl (C=O) groups excluding carboxylic acids is 1. The summed E-state index contributed by atoms with van der Waals surface area (Å²) >= 11 is 1.29. The summed E-state index contributed by atoms with van der Waals surface area (Å²) in [7, 11) is -3.26. The first-order chi connectivity index (χ1) is 11.5. The number of hydrogen-bond donors (Lipinski definition) is 1. The van der Waals surface area contributed by atoms with Crippen LogP contribution in [0.3, 0.4) is 0 Å². The molecule has 1 heterocycles. The Labute approximate surface area is 152 Å². The number of fused-ring (bicyclic) bond motifs is 1. The van der Waals surface area contributed by atoms with Crippen LogP contribution in [0.2, 0.25) is 0 Å². The Morgan fingerprint density at radius 2 is 2.00 bits per heavy atom. The largest absolute Gasteiger partial charge is 0.302 e. The molecule has 1 aliphatic rings. The van der Waals surface area contributed by atoms with Crippen LogP contribution in [-0.2, 0) is 14.6 Å². The fraction of sp³-hybridized carbons (Fsp3) is 0.444. The zero-order valence-electron chi connectivity index (χ0n) is 15.0. The Morgan fingerprint density at radius 1 is 1.32 bits per heavy atom. The van der Waals surface area contributed by atoms with Gasteiger partial charge < -0.3 is 5.32 Å². The van der Waals surface area contributed by atoms with E-state index in [9.17, 15) is 13.2 Å². The highest BCUT2D eigenvalue weighted by Crippen LogP contribution is 2.59. The van der Waals surface area contributed by atoms with Crippen LogP contribution < -0.4 is 5.32 Å². The maximum Gasteiger partial charge on any atom is 0.230 e. The van der Waals surface area contributed by atoms with E-state index in [4.69, 9.17) is 0 Å². The van der Waals surface area contributed by atoms with E-state index >= 15 is 0 Å². The lowest BCUT2D eigenvalue weighted by atomic mass is 10.1. The van der Waals surface area contributed by atoms with Crippen LogP contribution in [0, 0.1) is 17.3 Å². The highest BCUT2D eigenvalue weighted by atomic mass is 32.2. The van der Waals surface area contributed by atoms with Gasteiger partial charge in [0, 0.05) is 6.26 Å². The van der Waals surface area contributed by atoms with Crippen molar-refractivity contribution in [1.29, 1.82) is 0 Å². The van der Waals surface area contributed by atoms with Gasteiger partial charge in [0.2, 0.25) is 5.91 Å². The standard InChI is InChI=1S/C18H22N2O3S2/c1-10(2)8-12-15(18(12,3)4)16(21)20-17-19-13-7-6-11(25(5,22)23)9-14(13)24-17/h6-9,12,15H,1-5H3,(H,19,20,21)/t12-,15+/m0/s1. The Kier molecular flexibility index (Phi) is 4.28. The number of thiazole rings is 1. The number of sulfone groups is 1. The predicted octanol–water partition coefficient (Wildman–Crippen LogP) is 3.88. The van der Waals surface area contributed by atoms with E-state index in [2.05, 4.69) is 30.2 Å². The molecule has 7 heteroatoms. The molecule has 3 rings (SSSR count). The van der Waals surface area contributed by atoms with Crippen LogP contribution in [0.25, 0.3) is 10.2 Å². The van der Waals surface area contributed by atoms with Crippen LogP contribution in [0.15, 0.2) is 34.7 Å². The number of anilines is 1. The molecule has 1 amide bonds. The first kappa shape index (κ1) is 18.1. The van der Waals surface area contributed by atoms with E-state index in [1.54, 1.807) is 12.1 Å². The number of nitrogens with zero attached hydrogens (tertiary/aromatic N) is 1. The minimum Gasteiger partial charge on any atom is -0.302 e. The second-order valence-corrected chi connectivity index (χ2v) is 10.5. The van der Waals surface area contributed by atoms with Crippen molar-refractivity contribution in [3.8, 4) is 0 Å². The minimum absolute atomic E-state index is 0.0325. The van der Waals surface area contributed by atoms with Gasteiger partial charge in [-0.2, -0.15) is 0 Å². The number of benzene rings is 1. The summed E-state index contributed by atoms with van der Waals surface area (Å²) in [4.78, 5) is 17.3. The van der Waals surface area contributed by atoms with Gasteiger partial charge in [-0.15, -0.1) is 0 Å². The lowest BCUT2D eigenvalue weighted by Gasteiger charge is -2.02. The van der Waals surface area contributed by atoms with Crippen LogP contribution in [0.4, 0.5) is 5.13 Å². The number of allylic oxidation sites excluding steroid dienone is 2. The summed E-state index contributed by atoms with van der Waals surface area (Å²) < 4.78 is 24.1. The third-order valence-corrected chi connectivity index (χ3v) is 6.77. The molecule has 1 fully saturated rings. The Morgan fingerprint density at radius 3 is 2.60 bits per heavy atom. The molecule has 0 aliphatic heterocycles. The van der Waals surface area contributed by atoms with Gasteiger partial charge in [-0.25, -0.2) is 13.4 Å². The first-order valence-corrected chi connectivity index (χ1v) is 10.8. The quantitative estimate of drug-likeness (QED) is 0.819. The highest BCUT2D eigenvalue weighted by Gasteiger charge is 2.60. The van der Waals surface area contributed by atoms with E-state index in [0.29, 0.717) is 10.6 Å². The molecule has 1 aromatic carbocycles. The molecular weight excluding hydrogens is 356 g/mol. The second kappa shape index (κ2) is 5.92. The van der Waals surface area contributed by atoms with Gasteiger partial charge in [-0.05, 0) is 43.4 Å². The van der Waals surface area contributed by atoms with Crippen molar-refractivity contribution in [2.75, 3.05) is 11.6 Å². The van der Waals surface area contributed by atoms with Crippen molar-refractivity contribution in [2.45, 2.75) is 32.6 Å². The van der Waals surface area contributed by atoms with Gasteiger partial charge in [-0.3, -0.25) is 4.79 Å². The lowest BCUT2D eigenvalue weighted by Crippen LogP contribution is -2.16. The Hall–Kier alpha value is -1.73. The minimum atomic E-state index is -3.26. The zero-order valence-corrected chi connectivity index (χ0v) is 16.6. The van der Waals surface area contributed by atoms with Crippen molar-refractivity contribution in [3.05, 3.63) is 29.8 Å². The van der Waals surface area contributed by atoms with Crippen molar-refractivity contribution < 1.29 is 13.2 Å². The van der Waals surface area contributed by atoms with Crippen LogP contribution in [0.5, 0.6) is 0 Å². The number of aromatic nitrogens is 1. The number of rotatable bonds is 4. The fourth-order valence-electron chi connectivity index (χ4n) is 3.22. The molecule has 0 saturated heterocycles. The van der Waals surface area contributed by atoms with E-state index in [-0.39, 0.29) is 28.1 Å². The zero-order chi connectivity index (χ0) is 18.6. The van der Waals surface area contributed by atoms with Gasteiger partial charge in [0.1, 0.15) is 0 Å². The van der Waals surface area contributed by atoms with E-state index < -0.39 is 9.84 Å². The first-order valence-electron chi connectivity index (χ1n) is 8.06. The number of hydrogen-bond acceptors (Lipinski definition) is 5. The molecule has 0 unspecified atom stereocenters. The molecule has 1 aromatic heterocycles. The van der Waals surface area contributed by atoms with E-state index in [0.717, 1.165) is 4.70 Å². The van der Waals surface area contributed by atoms with Crippen molar-refractivity contribution in [2.24, 2.45) is 17.3 Å². The van der Waals surface area contributed by atoms with Crippen molar-refractivity contribution in [3.63, 3.8) is 0 Å². The maximum atomic E-state index is 12.6. The average Bonchev–Trinajstić information content (AvgIpc) is 2.82. The van der Waals surface area contributed by atoms with Gasteiger partial charge in [0.25, 0.3) is 0 Å². The SMILES string of the molecule is CC(C)=C[C@H]1[C@H](C(=O)Nc2nc3ccc(S(C)(=O)=O)cc3s2)C1(C)C. The molecule has 0 spiro atoms. The Balaban J connectivity index is 1.82. The topological polar surface area (TPSA) is 76.1 Å². The summed E-state index contributed by atoms with van der Waals surface area (Å²) in [5.41, 5.74) is 1.84. The molecule has 2 aromatic rings. The van der Waals surface area contributed by atoms with Gasteiger partial charge in [0.15, 0.2) is 15.0 Å². The summed E-state index contributed by atoms with van der Waals surface area (Å²) in [5, 5.41) is 3.40. The third-order valence-electron chi connectivity index (χ3n) is 4.72. The molecule has 1 saturated carbocycles. The number of amides is 1. The highest BCUT2D eigenvalue weighted by molar-refractivity contribution is 7.90. The number of nitrogens with one attached hydrogen (secondary N) is 1. The summed E-state index contributed by atoms with van der Waals surface area (Å²) in [6.07, 6.45) is 3.33. The molecule has 0 bridgehead atoms. The fourth-order valence-corrected chi connectivity index (χ4v) is 4.85. The summed E-state index contributed by atoms with van der Waals surface area (Å²) in [6.45, 7) is 8.27. The van der Waals surface area contributed by atoms with Crippen molar-refractivity contribution in [1.82, 2.24) is 4.98 Å². The number of carbonyl (C=O) groups is 1. The lowest BCUT2D eigenvalue weighted by molar-refractivity contribution is -0.118. The molecular formula is C18H22N2O3S2. The normalized spacial score (nSPS) is 21.8. The molecule has 134 valence electrons. The van der Waals surface area contributed by atoms with Crippen molar-refractivity contribution >= 4 is 42.4 Å². The summed E-state index contributed by atoms with van der Waals surface area (Å²) in [6, 6.07) is 4.81. The van der Waals surface area contributed by atoms with Crippen LogP contribution >= 0.6 is 11.3 Å². The van der Waals surface area contributed by atoms with E-state index in [1.807, 2.05) is 13.8 Å². The second-order valence-electron chi connectivity index (χ2n) is 7.48. The monoisotopic (exact) mass is 378 g/mol.